The number of pyridine rings is 2. The summed E-state index contributed by atoms with van der Waals surface area (Å²) in [5, 5.41) is 51.6. The van der Waals surface area contributed by atoms with Crippen molar-refractivity contribution in [2.24, 2.45) is 5.92 Å². The molecular weight excluding hydrogens is 1010 g/mol. The van der Waals surface area contributed by atoms with Crippen molar-refractivity contribution in [3.63, 3.8) is 0 Å². The number of aliphatic hydroxyl groups is 2. The number of nitrogens with one attached hydrogen (secondary N) is 1. The van der Waals surface area contributed by atoms with Crippen LogP contribution in [-0.4, -0.2) is 61.6 Å². The summed E-state index contributed by atoms with van der Waals surface area (Å²) in [6.45, 7) is 7.09. The zero-order chi connectivity index (χ0) is 51.6. The number of carbonyl (C=O) groups is 2. The molecule has 0 aliphatic carbocycles. The lowest BCUT2D eigenvalue weighted by atomic mass is 9.94. The number of unbranched alkanes of at least 4 members (excludes halogenated alkanes) is 1. The van der Waals surface area contributed by atoms with Crippen LogP contribution in [0.15, 0.2) is 97.6 Å². The van der Waals surface area contributed by atoms with Gasteiger partial charge >= 0.3 is 11.9 Å². The third-order valence-corrected chi connectivity index (χ3v) is 12.9. The first kappa shape index (κ1) is 54.7. The van der Waals surface area contributed by atoms with Crippen molar-refractivity contribution in [1.82, 2.24) is 15.3 Å². The van der Waals surface area contributed by atoms with Crippen LogP contribution in [0.1, 0.15) is 71.0 Å². The van der Waals surface area contributed by atoms with Gasteiger partial charge in [-0.05, 0) is 67.5 Å². The van der Waals surface area contributed by atoms with Crippen LogP contribution in [0.25, 0.3) is 16.0 Å². The van der Waals surface area contributed by atoms with Crippen molar-refractivity contribution in [2.45, 2.75) is 77.5 Å². The Bertz CT molecular complexity index is 2950. The molecule has 0 saturated heterocycles. The molecule has 0 aliphatic rings. The maximum absolute atomic E-state index is 12.1. The maximum Gasteiger partial charge on any atom is 0.320 e. The molecule has 0 radical (unpaired) electrons. The molecule has 0 fully saturated rings. The highest BCUT2D eigenvalue weighted by Gasteiger charge is 2.22. The van der Waals surface area contributed by atoms with Gasteiger partial charge in [-0.15, -0.1) is 0 Å². The molecule has 72 heavy (non-hydrogen) atoms. The molecule has 6 rings (SSSR count). The molecule has 2 aromatic heterocycles. The molecule has 0 bridgehead atoms. The summed E-state index contributed by atoms with van der Waals surface area (Å²) < 4.78 is 24.9. The number of carboxylic acid groups (broad SMARTS) is 2. The summed E-state index contributed by atoms with van der Waals surface area (Å²) in [5.41, 5.74) is 5.58. The molecule has 0 aliphatic heterocycles. The number of nitrogens with zero attached hydrogens (tertiary/aromatic N) is 4. The van der Waals surface area contributed by atoms with Crippen LogP contribution in [0.2, 0.25) is 20.1 Å². The smallest absolute Gasteiger partial charge is 0.320 e. The van der Waals surface area contributed by atoms with Crippen LogP contribution in [0.5, 0.6) is 23.0 Å². The summed E-state index contributed by atoms with van der Waals surface area (Å²) in [5.74, 6) is -1.43. The van der Waals surface area contributed by atoms with Gasteiger partial charge in [0.15, 0.2) is 0 Å². The SMILES string of the molecule is [C-]#[N+]c1cncc(COc2cc(OCc3cccc(-c4cccc(COc5cc(OCc6cncc(C#N)c6)c(CN[C@@H](CCO)C(=O)O)cc5Cl)c4Cl)c3Cl)c(Cl)cc2CC[C@@H](CCCCO)C(=O)O)c1. The Labute approximate surface area is 436 Å². The molecule has 0 spiro atoms. The van der Waals surface area contributed by atoms with E-state index in [1.807, 2.05) is 30.3 Å². The number of hydrogen-bond donors (Lipinski definition) is 5. The van der Waals surface area contributed by atoms with Gasteiger partial charge in [0, 0.05) is 90.1 Å². The molecule has 5 N–H and O–H groups in total. The van der Waals surface area contributed by atoms with Crippen molar-refractivity contribution in [2.75, 3.05) is 13.2 Å². The number of halogens is 4. The second-order valence-corrected chi connectivity index (χ2v) is 18.0. The zero-order valence-corrected chi connectivity index (χ0v) is 41.6. The van der Waals surface area contributed by atoms with E-state index in [0.717, 1.165) is 0 Å². The second-order valence-electron chi connectivity index (χ2n) is 16.4. The average Bonchev–Trinajstić information content (AvgIpc) is 3.37. The first-order chi connectivity index (χ1) is 34.8. The monoisotopic (exact) mass is 1060 g/mol. The number of rotatable bonds is 27. The quantitative estimate of drug-likeness (QED) is 0.0240. The van der Waals surface area contributed by atoms with Gasteiger partial charge in [-0.2, -0.15) is 5.26 Å². The molecular formula is C53H49Cl4N5O10. The van der Waals surface area contributed by atoms with Crippen molar-refractivity contribution in [1.29, 1.82) is 5.26 Å². The van der Waals surface area contributed by atoms with Crippen LogP contribution in [0.3, 0.4) is 0 Å². The first-order valence-corrected chi connectivity index (χ1v) is 24.1. The van der Waals surface area contributed by atoms with Gasteiger partial charge in [0.1, 0.15) is 61.5 Å². The Hall–Kier alpha value is -6.66. The average molecular weight is 1060 g/mol. The standard InChI is InChI=1S/C53H49Cl4N5O10/c1-59-40-17-34(25-61-27-40)29-69-46-20-48(43(54)18-36(46)12-11-35(52(65)66)6-2-3-14-63)71-30-37-7-4-9-41(50(37)56)42-10-5-8-38(51(42)57)31-72-49-21-47(70-28-33-16-32(22-58)23-60-24-33)39(19-44(49)55)26-62-45(13-15-64)53(67)68/h4-5,7-10,16-21,23-25,27,35,45,62-64H,2-3,6,11-15,26,28-31H2,(H,65,66)(H,67,68)/t35-,45+/m1/s1. The fourth-order valence-electron chi connectivity index (χ4n) is 7.55. The number of benzene rings is 4. The van der Waals surface area contributed by atoms with Gasteiger partial charge in [0.2, 0.25) is 5.69 Å². The van der Waals surface area contributed by atoms with Crippen molar-refractivity contribution in [3.05, 3.63) is 168 Å². The van der Waals surface area contributed by atoms with Gasteiger partial charge in [-0.25, -0.2) is 4.85 Å². The van der Waals surface area contributed by atoms with Crippen molar-refractivity contribution >= 4 is 64.0 Å². The van der Waals surface area contributed by atoms with E-state index in [9.17, 15) is 35.3 Å². The molecule has 0 saturated carbocycles. The molecule has 2 atom stereocenters. The molecule has 374 valence electrons. The van der Waals surface area contributed by atoms with Gasteiger partial charge in [-0.1, -0.05) is 89.2 Å². The normalized spacial score (nSPS) is 11.8. The lowest BCUT2D eigenvalue weighted by molar-refractivity contribution is -0.142. The Morgan fingerprint density at radius 2 is 1.22 bits per heavy atom. The number of carboxylic acids is 2. The minimum absolute atomic E-state index is 0.0123. The highest BCUT2D eigenvalue weighted by Crippen LogP contribution is 2.40. The van der Waals surface area contributed by atoms with Crippen LogP contribution < -0.4 is 24.3 Å². The number of hydrogen-bond acceptors (Lipinski definition) is 12. The number of nitriles is 1. The van der Waals surface area contributed by atoms with Gasteiger partial charge in [0.25, 0.3) is 0 Å². The molecule has 4 aromatic carbocycles. The summed E-state index contributed by atoms with van der Waals surface area (Å²) >= 11 is 27.7. The fraction of sp³-hybridized carbons (Fsp3) is 0.283. The Morgan fingerprint density at radius 1 is 0.653 bits per heavy atom. The van der Waals surface area contributed by atoms with E-state index in [1.54, 1.807) is 60.9 Å². The summed E-state index contributed by atoms with van der Waals surface area (Å²) in [6.07, 6.45) is 8.15. The predicted octanol–water partition coefficient (Wildman–Crippen LogP) is 11.2. The molecule has 15 nitrogen and oxygen atoms in total. The molecule has 2 heterocycles. The molecule has 6 aromatic rings. The van der Waals surface area contributed by atoms with Crippen LogP contribution in [0, 0.1) is 23.8 Å². The van der Waals surface area contributed by atoms with E-state index < -0.39 is 23.9 Å². The van der Waals surface area contributed by atoms with E-state index in [4.69, 9.17) is 71.9 Å². The minimum Gasteiger partial charge on any atom is -0.488 e. The van der Waals surface area contributed by atoms with Crippen LogP contribution in [-0.2, 0) is 49.0 Å². The third-order valence-electron chi connectivity index (χ3n) is 11.4. The highest BCUT2D eigenvalue weighted by atomic mass is 35.5. The molecule has 0 amide bonds. The van der Waals surface area contributed by atoms with E-state index in [2.05, 4.69) is 20.1 Å². The lowest BCUT2D eigenvalue weighted by Crippen LogP contribution is -2.37. The van der Waals surface area contributed by atoms with Gasteiger partial charge < -0.3 is 44.7 Å². The number of aryl methyl sites for hydroxylation is 1. The van der Waals surface area contributed by atoms with Crippen molar-refractivity contribution < 1.29 is 49.0 Å². The first-order valence-electron chi connectivity index (χ1n) is 22.6. The maximum atomic E-state index is 12.1. The minimum atomic E-state index is -1.13. The Kier molecular flexibility index (Phi) is 20.7. The van der Waals surface area contributed by atoms with E-state index in [1.165, 1.54) is 12.4 Å². The summed E-state index contributed by atoms with van der Waals surface area (Å²) in [4.78, 5) is 35.6. The van der Waals surface area contributed by atoms with Gasteiger partial charge in [-0.3, -0.25) is 19.6 Å². The third kappa shape index (κ3) is 15.2. The van der Waals surface area contributed by atoms with Crippen molar-refractivity contribution in [3.8, 4) is 40.2 Å². The Balaban J connectivity index is 1.20. The van der Waals surface area contributed by atoms with E-state index in [-0.39, 0.29) is 74.2 Å². The van der Waals surface area contributed by atoms with Crippen LogP contribution in [0.4, 0.5) is 5.69 Å². The summed E-state index contributed by atoms with van der Waals surface area (Å²) in [7, 11) is 0. The van der Waals surface area contributed by atoms with Gasteiger partial charge in [0.05, 0.1) is 38.1 Å². The predicted molar refractivity (Wildman–Crippen MR) is 272 cm³/mol. The number of aliphatic carboxylic acids is 2. The van der Waals surface area contributed by atoms with Crippen LogP contribution >= 0.6 is 46.4 Å². The number of ether oxygens (including phenoxy) is 4. The molecule has 19 heteroatoms. The lowest BCUT2D eigenvalue weighted by Gasteiger charge is -2.19. The zero-order valence-electron chi connectivity index (χ0n) is 38.6. The molecule has 0 unspecified atom stereocenters. The van der Waals surface area contributed by atoms with E-state index in [0.29, 0.717) is 109 Å². The Morgan fingerprint density at radius 3 is 1.78 bits per heavy atom. The summed E-state index contributed by atoms with van der Waals surface area (Å²) in [6, 6.07) is 21.7. The highest BCUT2D eigenvalue weighted by molar-refractivity contribution is 6.37. The number of aromatic nitrogens is 2. The van der Waals surface area contributed by atoms with E-state index >= 15 is 0 Å². The fourth-order valence-corrected chi connectivity index (χ4v) is 8.59. The second kappa shape index (κ2) is 27.2. The number of aliphatic hydroxyl groups excluding tert-OH is 2. The topological polar surface area (TPSA) is 218 Å². The largest absolute Gasteiger partial charge is 0.488 e.